The molecule has 0 heterocycles. The molecular formula is C10H21N3. The summed E-state index contributed by atoms with van der Waals surface area (Å²) < 4.78 is 0. The smallest absolute Gasteiger partial charge is 0.104 e. The number of rotatable bonds is 4. The second-order valence-electron chi connectivity index (χ2n) is 4.18. The molecule has 0 aromatic heterocycles. The molecule has 76 valence electrons. The van der Waals surface area contributed by atoms with E-state index in [1.165, 1.54) is 0 Å². The van der Waals surface area contributed by atoms with E-state index in [-0.39, 0.29) is 11.6 Å². The summed E-state index contributed by atoms with van der Waals surface area (Å²) in [5.41, 5.74) is 0.143. The molecule has 0 spiro atoms. The molecule has 0 aromatic rings. The van der Waals surface area contributed by atoms with Crippen LogP contribution in [0, 0.1) is 5.41 Å². The maximum Gasteiger partial charge on any atom is 0.104 e. The fraction of sp³-hybridized carbons (Fsp3) is 0.700. The molecule has 0 saturated heterocycles. The van der Waals surface area contributed by atoms with Crippen LogP contribution in [-0.2, 0) is 0 Å². The highest BCUT2D eigenvalue weighted by atomic mass is 15.3. The normalized spacial score (nSPS) is 14.2. The Balaban J connectivity index is 4.49. The van der Waals surface area contributed by atoms with E-state index in [1.54, 1.807) is 13.2 Å². The second kappa shape index (κ2) is 4.90. The van der Waals surface area contributed by atoms with Gasteiger partial charge < -0.3 is 10.2 Å². The zero-order valence-corrected chi connectivity index (χ0v) is 9.33. The first-order valence-electron chi connectivity index (χ1n) is 4.44. The van der Waals surface area contributed by atoms with Crippen molar-refractivity contribution in [1.29, 1.82) is 0 Å². The third-order valence-electron chi connectivity index (χ3n) is 1.80. The lowest BCUT2D eigenvalue weighted by atomic mass is 9.91. The predicted molar refractivity (Wildman–Crippen MR) is 58.8 cm³/mol. The lowest BCUT2D eigenvalue weighted by Gasteiger charge is -2.37. The van der Waals surface area contributed by atoms with Crippen LogP contribution in [0.5, 0.6) is 0 Å². The molecule has 0 aromatic carbocycles. The van der Waals surface area contributed by atoms with Gasteiger partial charge in [0, 0.05) is 19.5 Å². The van der Waals surface area contributed by atoms with Crippen molar-refractivity contribution in [2.75, 3.05) is 14.1 Å². The molecule has 1 atom stereocenters. The Labute approximate surface area is 81.5 Å². The van der Waals surface area contributed by atoms with Crippen LogP contribution in [0.25, 0.3) is 0 Å². The molecule has 0 aliphatic heterocycles. The van der Waals surface area contributed by atoms with Gasteiger partial charge in [0.05, 0.1) is 6.34 Å². The van der Waals surface area contributed by atoms with E-state index >= 15 is 0 Å². The molecule has 0 radical (unpaired) electrons. The van der Waals surface area contributed by atoms with Gasteiger partial charge >= 0.3 is 0 Å². The van der Waals surface area contributed by atoms with Gasteiger partial charge in [0.25, 0.3) is 0 Å². The molecule has 0 amide bonds. The number of hydrogen-bond acceptors (Lipinski definition) is 2. The monoisotopic (exact) mass is 183 g/mol. The number of nitrogens with zero attached hydrogens (tertiary/aromatic N) is 2. The van der Waals surface area contributed by atoms with Crippen molar-refractivity contribution in [3.8, 4) is 0 Å². The predicted octanol–water partition coefficient (Wildman–Crippen LogP) is 1.68. The Hall–Kier alpha value is -0.990. The highest BCUT2D eigenvalue weighted by Gasteiger charge is 2.25. The molecule has 0 rings (SSSR count). The molecule has 0 saturated carbocycles. The summed E-state index contributed by atoms with van der Waals surface area (Å²) >= 11 is 0. The van der Waals surface area contributed by atoms with Gasteiger partial charge in [-0.3, -0.25) is 4.99 Å². The largest absolute Gasteiger partial charge is 0.371 e. The minimum absolute atomic E-state index is 0.143. The molecule has 0 fully saturated rings. The molecule has 3 heteroatoms. The zero-order valence-electron chi connectivity index (χ0n) is 9.33. The maximum absolute atomic E-state index is 3.98. The average molecular weight is 183 g/mol. The SMILES string of the molecule is C=CNC(N(C)/C=N\C)C(C)(C)C. The van der Waals surface area contributed by atoms with Crippen LogP contribution >= 0.6 is 0 Å². The quantitative estimate of drug-likeness (QED) is 0.408. The van der Waals surface area contributed by atoms with Gasteiger partial charge in [-0.1, -0.05) is 27.4 Å². The summed E-state index contributed by atoms with van der Waals surface area (Å²) in [4.78, 5) is 6.02. The van der Waals surface area contributed by atoms with Gasteiger partial charge in [-0.05, 0) is 6.20 Å². The number of nitrogens with one attached hydrogen (secondary N) is 1. The van der Waals surface area contributed by atoms with E-state index in [1.807, 2.05) is 18.3 Å². The molecule has 13 heavy (non-hydrogen) atoms. The van der Waals surface area contributed by atoms with Crippen molar-refractivity contribution in [2.24, 2.45) is 10.4 Å². The van der Waals surface area contributed by atoms with Crippen LogP contribution in [0.2, 0.25) is 0 Å². The Bertz CT molecular complexity index is 179. The minimum atomic E-state index is 0.143. The van der Waals surface area contributed by atoms with Gasteiger partial charge in [-0.25, -0.2) is 0 Å². The average Bonchev–Trinajstić information content (AvgIpc) is 1.98. The summed E-state index contributed by atoms with van der Waals surface area (Å²) in [5.74, 6) is 0. The van der Waals surface area contributed by atoms with Gasteiger partial charge in [-0.15, -0.1) is 0 Å². The Morgan fingerprint density at radius 1 is 1.46 bits per heavy atom. The van der Waals surface area contributed by atoms with Gasteiger partial charge in [-0.2, -0.15) is 0 Å². The number of aliphatic imine (C=N–C) groups is 1. The van der Waals surface area contributed by atoms with Crippen LogP contribution in [0.4, 0.5) is 0 Å². The van der Waals surface area contributed by atoms with Crippen molar-refractivity contribution in [3.05, 3.63) is 12.8 Å². The van der Waals surface area contributed by atoms with Gasteiger partial charge in [0.1, 0.15) is 6.17 Å². The van der Waals surface area contributed by atoms with E-state index in [9.17, 15) is 0 Å². The first-order chi connectivity index (χ1) is 5.93. The lowest BCUT2D eigenvalue weighted by molar-refractivity contribution is 0.173. The Morgan fingerprint density at radius 2 is 2.00 bits per heavy atom. The van der Waals surface area contributed by atoms with Crippen LogP contribution in [0.15, 0.2) is 17.8 Å². The Morgan fingerprint density at radius 3 is 2.31 bits per heavy atom. The molecule has 0 aliphatic carbocycles. The second-order valence-corrected chi connectivity index (χ2v) is 4.18. The summed E-state index contributed by atoms with van der Waals surface area (Å²) in [6, 6.07) is 0. The van der Waals surface area contributed by atoms with Gasteiger partial charge in [0.15, 0.2) is 0 Å². The molecule has 1 N–H and O–H groups in total. The first kappa shape index (κ1) is 12.0. The zero-order chi connectivity index (χ0) is 10.5. The molecule has 3 nitrogen and oxygen atoms in total. The standard InChI is InChI=1S/C10H21N3/c1-7-12-9(10(2,3)4)13(6)8-11-5/h7-9,12H,1H2,2-6H3/b11-8-. The third-order valence-corrected chi connectivity index (χ3v) is 1.80. The van der Waals surface area contributed by atoms with Crippen LogP contribution in [-0.4, -0.2) is 31.5 Å². The van der Waals surface area contributed by atoms with E-state index in [2.05, 4.69) is 37.7 Å². The first-order valence-corrected chi connectivity index (χ1v) is 4.44. The van der Waals surface area contributed by atoms with Crippen LogP contribution in [0.3, 0.4) is 0 Å². The molecular weight excluding hydrogens is 162 g/mol. The van der Waals surface area contributed by atoms with Crippen molar-refractivity contribution >= 4 is 6.34 Å². The van der Waals surface area contributed by atoms with Crippen LogP contribution < -0.4 is 5.32 Å². The Kier molecular flexibility index (Phi) is 4.52. The fourth-order valence-electron chi connectivity index (χ4n) is 1.34. The van der Waals surface area contributed by atoms with E-state index < -0.39 is 0 Å². The van der Waals surface area contributed by atoms with Crippen LogP contribution in [0.1, 0.15) is 20.8 Å². The summed E-state index contributed by atoms with van der Waals surface area (Å²) in [6.07, 6.45) is 3.75. The van der Waals surface area contributed by atoms with E-state index in [0.717, 1.165) is 0 Å². The van der Waals surface area contributed by atoms with Gasteiger partial charge in [0.2, 0.25) is 0 Å². The highest BCUT2D eigenvalue weighted by Crippen LogP contribution is 2.20. The van der Waals surface area contributed by atoms with E-state index in [0.29, 0.717) is 0 Å². The molecule has 0 aliphatic rings. The van der Waals surface area contributed by atoms with Crippen molar-refractivity contribution in [2.45, 2.75) is 26.9 Å². The summed E-state index contributed by atoms with van der Waals surface area (Å²) in [5, 5.41) is 3.21. The highest BCUT2D eigenvalue weighted by molar-refractivity contribution is 5.54. The minimum Gasteiger partial charge on any atom is -0.371 e. The topological polar surface area (TPSA) is 27.6 Å². The summed E-state index contributed by atoms with van der Waals surface area (Å²) in [7, 11) is 3.77. The molecule has 1 unspecified atom stereocenters. The third kappa shape index (κ3) is 3.97. The maximum atomic E-state index is 3.98. The van der Waals surface area contributed by atoms with Crippen molar-refractivity contribution in [1.82, 2.24) is 10.2 Å². The van der Waals surface area contributed by atoms with Crippen molar-refractivity contribution < 1.29 is 0 Å². The summed E-state index contributed by atoms with van der Waals surface area (Å²) in [6.45, 7) is 10.2. The number of hydrogen-bond donors (Lipinski definition) is 1. The lowest BCUT2D eigenvalue weighted by Crippen LogP contribution is -2.49. The van der Waals surface area contributed by atoms with Crippen molar-refractivity contribution in [3.63, 3.8) is 0 Å². The molecule has 0 bridgehead atoms. The fourth-order valence-corrected chi connectivity index (χ4v) is 1.34. The van der Waals surface area contributed by atoms with E-state index in [4.69, 9.17) is 0 Å².